The van der Waals surface area contributed by atoms with E-state index in [9.17, 15) is 18.8 Å². The minimum atomic E-state index is -1.06. The fraction of sp³-hybridized carbons (Fsp3) is 0.526. The molecule has 4 heterocycles. The highest BCUT2D eigenvalue weighted by Crippen LogP contribution is 2.59. The van der Waals surface area contributed by atoms with Crippen molar-refractivity contribution in [3.05, 3.63) is 52.8 Å². The van der Waals surface area contributed by atoms with Crippen LogP contribution in [0.2, 0.25) is 5.02 Å². The number of rotatable bonds is 9. The van der Waals surface area contributed by atoms with Crippen molar-refractivity contribution in [3.63, 3.8) is 0 Å². The summed E-state index contributed by atoms with van der Waals surface area (Å²) < 4.78 is 41.9. The number of piperazine rings is 1. The first kappa shape index (κ1) is 31.9. The van der Waals surface area contributed by atoms with E-state index < -0.39 is 29.5 Å². The summed E-state index contributed by atoms with van der Waals surface area (Å²) in [4.78, 5) is 28.3. The van der Waals surface area contributed by atoms with Gasteiger partial charge in [0.25, 0.3) is 5.91 Å². The van der Waals surface area contributed by atoms with Crippen LogP contribution in [-0.4, -0.2) is 88.9 Å². The number of anilines is 1. The van der Waals surface area contributed by atoms with E-state index in [1.807, 2.05) is 11.0 Å². The minimum Gasteiger partial charge on any atom is -0.487 e. The number of fused-ring (bicyclic) bond motifs is 5. The number of hydrogen-bond donors (Lipinski definition) is 0. The van der Waals surface area contributed by atoms with E-state index >= 15 is 0 Å². The van der Waals surface area contributed by atoms with Gasteiger partial charge in [-0.3, -0.25) is 9.69 Å². The largest absolute Gasteiger partial charge is 0.487 e. The number of carbonyl (C=O) groups excluding carboxylic acids is 1. The van der Waals surface area contributed by atoms with Gasteiger partial charge in [0.1, 0.15) is 24.1 Å². The number of ether oxygens (including phenoxy) is 2. The van der Waals surface area contributed by atoms with Crippen molar-refractivity contribution in [2.24, 2.45) is 5.92 Å². The molecule has 5 atom stereocenters. The number of carbonyl (C=O) groups is 1. The standard InChI is InChI=1S/C38H39ClF2N6O3/c1-21(40)36(48)47-13-12-45(19-24(47)8-10-42)35-30-16-31(39)32(27-5-2-4-26-28-14-22(28)15-29(26)27)34(50-25-6-7-25)33(30)43-37(44-35)49-20-38-9-3-11-46(38)18-23(41)17-38/h2,4-5,16,22-25,28H,1,3,6-9,11-15,17-20H2/t22-,23+,24-,28-,38-/m0/s1. The maximum atomic E-state index is 14.7. The zero-order valence-electron chi connectivity index (χ0n) is 27.8. The van der Waals surface area contributed by atoms with Crippen LogP contribution in [0, 0.1) is 17.2 Å². The molecule has 9 nitrogen and oxygen atoms in total. The van der Waals surface area contributed by atoms with Crippen LogP contribution in [0.4, 0.5) is 14.6 Å². The van der Waals surface area contributed by atoms with Gasteiger partial charge in [0, 0.05) is 43.5 Å². The van der Waals surface area contributed by atoms with Gasteiger partial charge in [0.15, 0.2) is 11.6 Å². The first-order valence-corrected chi connectivity index (χ1v) is 18.2. The van der Waals surface area contributed by atoms with Crippen molar-refractivity contribution >= 4 is 34.2 Å². The van der Waals surface area contributed by atoms with E-state index in [0.717, 1.165) is 49.8 Å². The summed E-state index contributed by atoms with van der Waals surface area (Å²) in [5, 5.41) is 10.8. The number of nitrogens with zero attached hydrogens (tertiary/aromatic N) is 6. The van der Waals surface area contributed by atoms with Gasteiger partial charge in [-0.05, 0) is 79.7 Å². The summed E-state index contributed by atoms with van der Waals surface area (Å²) in [6.07, 6.45) is 5.50. The van der Waals surface area contributed by atoms with Crippen molar-refractivity contribution in [1.82, 2.24) is 19.8 Å². The smallest absolute Gasteiger partial charge is 0.319 e. The number of amides is 1. The number of nitriles is 1. The number of aromatic nitrogens is 2. The van der Waals surface area contributed by atoms with E-state index in [2.05, 4.69) is 35.7 Å². The molecule has 2 aromatic carbocycles. The summed E-state index contributed by atoms with van der Waals surface area (Å²) in [5.41, 5.74) is 4.76. The van der Waals surface area contributed by atoms with Crippen molar-refractivity contribution in [2.45, 2.75) is 81.1 Å². The van der Waals surface area contributed by atoms with Gasteiger partial charge in [0.05, 0.1) is 35.2 Å². The monoisotopic (exact) mass is 700 g/mol. The summed E-state index contributed by atoms with van der Waals surface area (Å²) in [6, 6.07) is 10.1. The molecule has 2 saturated carbocycles. The molecule has 6 aliphatic rings. The topological polar surface area (TPSA) is 94.8 Å². The highest BCUT2D eigenvalue weighted by atomic mass is 35.5. The summed E-state index contributed by atoms with van der Waals surface area (Å²) in [5.74, 6) is 0.551. The molecule has 0 spiro atoms. The van der Waals surface area contributed by atoms with Crippen molar-refractivity contribution in [2.75, 3.05) is 44.2 Å². The van der Waals surface area contributed by atoms with E-state index in [4.69, 9.17) is 31.0 Å². The third kappa shape index (κ3) is 5.37. The maximum Gasteiger partial charge on any atom is 0.319 e. The predicted molar refractivity (Wildman–Crippen MR) is 185 cm³/mol. The Morgan fingerprint density at radius 2 is 2.06 bits per heavy atom. The van der Waals surface area contributed by atoms with Gasteiger partial charge in [-0.2, -0.15) is 15.2 Å². The molecule has 9 rings (SSSR count). The molecular formula is C38H39ClF2N6O3. The van der Waals surface area contributed by atoms with Gasteiger partial charge in [0.2, 0.25) is 0 Å². The van der Waals surface area contributed by atoms with Crippen LogP contribution in [-0.2, 0) is 11.2 Å². The lowest BCUT2D eigenvalue weighted by molar-refractivity contribution is -0.131. The fourth-order valence-corrected chi connectivity index (χ4v) is 9.42. The van der Waals surface area contributed by atoms with Crippen LogP contribution in [0.1, 0.15) is 62.0 Å². The Kier molecular flexibility index (Phi) is 7.70. The third-order valence-corrected chi connectivity index (χ3v) is 12.1. The second-order valence-electron chi connectivity index (χ2n) is 15.0. The first-order chi connectivity index (χ1) is 24.2. The Morgan fingerprint density at radius 1 is 1.20 bits per heavy atom. The van der Waals surface area contributed by atoms with Gasteiger partial charge in [-0.25, -0.2) is 8.78 Å². The molecule has 0 unspecified atom stereocenters. The molecule has 5 fully saturated rings. The Morgan fingerprint density at radius 3 is 2.86 bits per heavy atom. The normalized spacial score (nSPS) is 28.3. The van der Waals surface area contributed by atoms with Crippen LogP contribution in [0.15, 0.2) is 36.7 Å². The van der Waals surface area contributed by atoms with Crippen LogP contribution in [0.25, 0.3) is 22.0 Å². The number of halogens is 3. The zero-order chi connectivity index (χ0) is 34.3. The number of hydrogen-bond acceptors (Lipinski definition) is 8. The van der Waals surface area contributed by atoms with E-state index in [0.29, 0.717) is 58.8 Å². The van der Waals surface area contributed by atoms with Crippen LogP contribution >= 0.6 is 11.6 Å². The second kappa shape index (κ2) is 12.1. The number of benzene rings is 2. The molecule has 3 saturated heterocycles. The van der Waals surface area contributed by atoms with Crippen molar-refractivity contribution < 1.29 is 23.0 Å². The van der Waals surface area contributed by atoms with E-state index in [-0.39, 0.29) is 38.2 Å². The first-order valence-electron chi connectivity index (χ1n) is 17.9. The Labute approximate surface area is 294 Å². The van der Waals surface area contributed by atoms with Gasteiger partial charge in [-0.1, -0.05) is 36.4 Å². The molecule has 12 heteroatoms. The molecule has 1 aromatic heterocycles. The molecule has 3 aliphatic heterocycles. The Balaban J connectivity index is 1.18. The lowest BCUT2D eigenvalue weighted by Gasteiger charge is -2.41. The molecule has 260 valence electrons. The molecule has 0 radical (unpaired) electrons. The van der Waals surface area contributed by atoms with Gasteiger partial charge in [-0.15, -0.1) is 0 Å². The number of alkyl halides is 1. The molecule has 0 bridgehead atoms. The molecule has 1 amide bonds. The second-order valence-corrected chi connectivity index (χ2v) is 15.4. The van der Waals surface area contributed by atoms with E-state index in [1.54, 1.807) is 0 Å². The molecule has 3 aliphatic carbocycles. The Hall–Kier alpha value is -4.01. The van der Waals surface area contributed by atoms with Crippen molar-refractivity contribution in [1.29, 1.82) is 5.26 Å². The van der Waals surface area contributed by atoms with Crippen molar-refractivity contribution in [3.8, 4) is 29.0 Å². The quantitative estimate of drug-likeness (QED) is 0.233. The van der Waals surface area contributed by atoms with Crippen LogP contribution in [0.3, 0.4) is 0 Å². The van der Waals surface area contributed by atoms with Crippen LogP contribution < -0.4 is 14.4 Å². The van der Waals surface area contributed by atoms with Gasteiger partial charge < -0.3 is 19.3 Å². The summed E-state index contributed by atoms with van der Waals surface area (Å²) in [6.45, 7) is 5.42. The molecule has 3 aromatic rings. The maximum absolute atomic E-state index is 14.7. The summed E-state index contributed by atoms with van der Waals surface area (Å²) in [7, 11) is 0. The molecule has 0 N–H and O–H groups in total. The molecular weight excluding hydrogens is 662 g/mol. The highest BCUT2D eigenvalue weighted by molar-refractivity contribution is 6.35. The van der Waals surface area contributed by atoms with E-state index in [1.165, 1.54) is 22.4 Å². The lowest BCUT2D eigenvalue weighted by Crippen LogP contribution is -2.55. The zero-order valence-corrected chi connectivity index (χ0v) is 28.6. The fourth-order valence-electron chi connectivity index (χ4n) is 9.12. The van der Waals surface area contributed by atoms with Crippen LogP contribution in [0.5, 0.6) is 11.8 Å². The average molecular weight is 701 g/mol. The third-order valence-electron chi connectivity index (χ3n) is 11.8. The average Bonchev–Trinajstić information content (AvgIpc) is 3.98. The summed E-state index contributed by atoms with van der Waals surface area (Å²) >= 11 is 7.27. The van der Waals surface area contributed by atoms with Gasteiger partial charge >= 0.3 is 6.01 Å². The lowest BCUT2D eigenvalue weighted by atomic mass is 9.93. The highest BCUT2D eigenvalue weighted by Gasteiger charge is 2.50. The predicted octanol–water partition coefficient (Wildman–Crippen LogP) is 6.52. The Bertz CT molecular complexity index is 1970. The molecule has 50 heavy (non-hydrogen) atoms. The SMILES string of the molecule is C=C(F)C(=O)N1CCN(c2nc(OC[C@@]34CCCN3C[C@H](F)C4)nc3c(OC4CC4)c(-c4cccc5c4C[C@@H]4C[C@H]54)c(Cl)cc23)C[C@@H]1CC#N. The minimum absolute atomic E-state index is 0.00664.